The van der Waals surface area contributed by atoms with E-state index in [9.17, 15) is 4.79 Å². The number of ether oxygens (including phenoxy) is 2. The summed E-state index contributed by atoms with van der Waals surface area (Å²) >= 11 is 0. The van der Waals surface area contributed by atoms with Gasteiger partial charge in [0.05, 0.1) is 30.1 Å². The fourth-order valence-corrected chi connectivity index (χ4v) is 4.83. The molecule has 10 nitrogen and oxygen atoms in total. The van der Waals surface area contributed by atoms with Gasteiger partial charge in [-0.3, -0.25) is 0 Å². The molecule has 1 aromatic carbocycles. The molecule has 2 aromatic heterocycles. The number of hydrogen-bond donors (Lipinski definition) is 3. The van der Waals surface area contributed by atoms with Crippen LogP contribution in [0.1, 0.15) is 30.6 Å². The lowest BCUT2D eigenvalue weighted by Crippen LogP contribution is -2.57. The molecule has 2 heterocycles. The van der Waals surface area contributed by atoms with Crippen LogP contribution in [-0.4, -0.2) is 77.9 Å². The molecule has 0 radical (unpaired) electrons. The number of nitrogens with two attached hydrogens (primary N) is 1. The number of nitrogens with one attached hydrogen (secondary N) is 2. The minimum Gasteiger partial charge on any atom is -0.495 e. The van der Waals surface area contributed by atoms with Gasteiger partial charge in [0.25, 0.3) is 0 Å². The molecule has 0 bridgehead atoms. The maximum absolute atomic E-state index is 13.1. The van der Waals surface area contributed by atoms with Crippen LogP contribution in [0.25, 0.3) is 22.2 Å². The number of aryl methyl sites for hydroxylation is 1. The molecule has 3 aromatic rings. The molecule has 0 saturated heterocycles. The van der Waals surface area contributed by atoms with Gasteiger partial charge in [-0.1, -0.05) is 18.2 Å². The van der Waals surface area contributed by atoms with Crippen LogP contribution in [0.15, 0.2) is 60.3 Å². The van der Waals surface area contributed by atoms with Gasteiger partial charge in [0.1, 0.15) is 11.3 Å². The largest absolute Gasteiger partial charge is 0.495 e. The van der Waals surface area contributed by atoms with E-state index in [2.05, 4.69) is 20.5 Å². The highest BCUT2D eigenvalue weighted by atomic mass is 16.5. The molecule has 1 aliphatic rings. The van der Waals surface area contributed by atoms with Gasteiger partial charge in [0.2, 0.25) is 5.95 Å². The molecule has 1 aliphatic carbocycles. The van der Waals surface area contributed by atoms with E-state index in [4.69, 9.17) is 20.2 Å². The fraction of sp³-hybridized carbons (Fsp3) is 0.414. The Balaban J connectivity index is 1.75. The molecule has 0 fully saturated rings. The van der Waals surface area contributed by atoms with E-state index in [0.29, 0.717) is 28.7 Å². The van der Waals surface area contributed by atoms with Gasteiger partial charge < -0.3 is 35.3 Å². The van der Waals surface area contributed by atoms with Gasteiger partial charge >= 0.3 is 5.97 Å². The minimum absolute atomic E-state index is 0.279. The summed E-state index contributed by atoms with van der Waals surface area (Å²) < 4.78 is 13.3. The Kier molecular flexibility index (Phi) is 8.39. The Morgan fingerprint density at radius 3 is 2.69 bits per heavy atom. The number of rotatable bonds is 10. The van der Waals surface area contributed by atoms with Crippen molar-refractivity contribution in [1.29, 1.82) is 0 Å². The molecule has 4 rings (SSSR count). The first-order valence-electron chi connectivity index (χ1n) is 13.1. The van der Waals surface area contributed by atoms with E-state index in [0.717, 1.165) is 29.4 Å². The Hall–Kier alpha value is -3.73. The number of likely N-dealkylation sites (N-methyl/N-ethyl adjacent to an activating group) is 1. The molecule has 0 amide bonds. The number of benzene rings is 1. The second-order valence-electron chi connectivity index (χ2n) is 10.4. The van der Waals surface area contributed by atoms with Crippen molar-refractivity contribution in [3.63, 3.8) is 0 Å². The fourth-order valence-electron chi connectivity index (χ4n) is 4.83. The zero-order valence-electron chi connectivity index (χ0n) is 23.8. The minimum atomic E-state index is -0.476. The third kappa shape index (κ3) is 5.83. The molecule has 0 spiro atoms. The molecule has 4 N–H and O–H groups in total. The lowest BCUT2D eigenvalue weighted by molar-refractivity contribution is 0.0378. The molecular weight excluding hydrogens is 494 g/mol. The molecule has 0 saturated carbocycles. The maximum Gasteiger partial charge on any atom is 0.342 e. The van der Waals surface area contributed by atoms with Crippen LogP contribution in [0.5, 0.6) is 0 Å². The number of fused-ring (bicyclic) bond motifs is 1. The van der Waals surface area contributed by atoms with Crippen molar-refractivity contribution in [1.82, 2.24) is 24.8 Å². The predicted molar refractivity (Wildman–Crippen MR) is 154 cm³/mol. The van der Waals surface area contributed by atoms with Gasteiger partial charge in [-0.25, -0.2) is 14.8 Å². The number of esters is 1. The predicted octanol–water partition coefficient (Wildman–Crippen LogP) is 3.28. The smallest absolute Gasteiger partial charge is 0.342 e. The quantitative estimate of drug-likeness (QED) is 0.337. The number of carbonyl (C=O) groups excluding carboxylic acids is 1. The molecule has 10 heteroatoms. The first-order valence-corrected chi connectivity index (χ1v) is 13.1. The lowest BCUT2D eigenvalue weighted by atomic mass is 9.82. The van der Waals surface area contributed by atoms with Crippen LogP contribution in [-0.2, 0) is 16.5 Å². The van der Waals surface area contributed by atoms with Gasteiger partial charge in [-0.2, -0.15) is 0 Å². The van der Waals surface area contributed by atoms with Crippen molar-refractivity contribution in [3.05, 3.63) is 65.8 Å². The van der Waals surface area contributed by atoms with Crippen molar-refractivity contribution in [2.75, 3.05) is 40.1 Å². The number of hydrogen-bond acceptors (Lipinski definition) is 9. The monoisotopic (exact) mass is 533 g/mol. The van der Waals surface area contributed by atoms with Crippen molar-refractivity contribution < 1.29 is 14.3 Å². The third-order valence-corrected chi connectivity index (χ3v) is 7.00. The lowest BCUT2D eigenvalue weighted by Gasteiger charge is -2.39. The summed E-state index contributed by atoms with van der Waals surface area (Å²) in [5.74, 6) is 0.463. The first kappa shape index (κ1) is 28.3. The van der Waals surface area contributed by atoms with Crippen molar-refractivity contribution in [2.24, 2.45) is 12.8 Å². The number of methoxy groups -OCH3 is 1. The van der Waals surface area contributed by atoms with Crippen LogP contribution in [0, 0.1) is 0 Å². The highest BCUT2D eigenvalue weighted by Crippen LogP contribution is 2.33. The van der Waals surface area contributed by atoms with Gasteiger partial charge in [-0.05, 0) is 66.2 Å². The summed E-state index contributed by atoms with van der Waals surface area (Å²) in [7, 11) is 9.56. The average molecular weight is 534 g/mol. The van der Waals surface area contributed by atoms with E-state index in [1.807, 2.05) is 89.2 Å². The van der Waals surface area contributed by atoms with Crippen molar-refractivity contribution in [2.45, 2.75) is 38.0 Å². The van der Waals surface area contributed by atoms with E-state index in [-0.39, 0.29) is 12.1 Å². The summed E-state index contributed by atoms with van der Waals surface area (Å²) in [5.41, 5.74) is 9.45. The summed E-state index contributed by atoms with van der Waals surface area (Å²) in [5, 5.41) is 7.64. The third-order valence-electron chi connectivity index (χ3n) is 7.00. The number of aromatic nitrogens is 3. The summed E-state index contributed by atoms with van der Waals surface area (Å²) in [6.45, 7) is 4.48. The van der Waals surface area contributed by atoms with Crippen LogP contribution >= 0.6 is 0 Å². The number of para-hydroxylation sites is 1. The zero-order chi connectivity index (χ0) is 28.3. The summed E-state index contributed by atoms with van der Waals surface area (Å²) in [6.07, 6.45) is 7.93. The Labute approximate surface area is 229 Å². The van der Waals surface area contributed by atoms with E-state index in [1.165, 1.54) is 6.20 Å². The van der Waals surface area contributed by atoms with Crippen LogP contribution in [0.4, 0.5) is 5.95 Å². The maximum atomic E-state index is 13.1. The number of nitrogens with zero attached hydrogens (tertiary/aromatic N) is 4. The molecule has 0 aliphatic heterocycles. The average Bonchev–Trinajstić information content (AvgIpc) is 3.24. The molecular formula is C29H39N7O3. The topological polar surface area (TPSA) is 120 Å². The Bertz CT molecular complexity index is 1410. The van der Waals surface area contributed by atoms with E-state index < -0.39 is 11.5 Å². The van der Waals surface area contributed by atoms with Crippen molar-refractivity contribution >= 4 is 22.8 Å². The van der Waals surface area contributed by atoms with E-state index >= 15 is 0 Å². The Morgan fingerprint density at radius 2 is 2.03 bits per heavy atom. The standard InChI is InChI=1S/C29H39N7O3/c1-18(2)39-27(37)20-16-32-28(34-26(20)21-17-36(6)23-11-9-8-10-19(21)23)33-22-14-25(30)29(31-3,12-13-35(4)5)15-24(22)38-7/h8-11,14-18,25,31H,12-13,30H2,1-7H3,(H,32,33,34). The van der Waals surface area contributed by atoms with Crippen LogP contribution in [0.2, 0.25) is 0 Å². The van der Waals surface area contributed by atoms with Gasteiger partial charge in [0, 0.05) is 41.9 Å². The van der Waals surface area contributed by atoms with Crippen LogP contribution in [0.3, 0.4) is 0 Å². The normalized spacial score (nSPS) is 19.3. The highest BCUT2D eigenvalue weighted by molar-refractivity contribution is 6.02. The van der Waals surface area contributed by atoms with Gasteiger partial charge in [0.15, 0.2) is 0 Å². The first-order chi connectivity index (χ1) is 18.6. The molecule has 39 heavy (non-hydrogen) atoms. The summed E-state index contributed by atoms with van der Waals surface area (Å²) in [4.78, 5) is 24.5. The number of carbonyl (C=O) groups is 1. The van der Waals surface area contributed by atoms with Crippen molar-refractivity contribution in [3.8, 4) is 11.3 Å². The zero-order valence-corrected chi connectivity index (χ0v) is 23.8. The second kappa shape index (κ2) is 11.6. The SMILES string of the molecule is CNC1(CCN(C)C)C=C(OC)C(Nc2ncc(C(=O)OC(C)C)c(-c3cn(C)c4ccccc34)n2)=CC1N. The summed E-state index contributed by atoms with van der Waals surface area (Å²) in [6, 6.07) is 7.65. The second-order valence-corrected chi connectivity index (χ2v) is 10.4. The molecule has 208 valence electrons. The van der Waals surface area contributed by atoms with Gasteiger partial charge in [-0.15, -0.1) is 0 Å². The molecule has 2 unspecified atom stereocenters. The molecule has 2 atom stereocenters. The number of anilines is 1. The van der Waals surface area contributed by atoms with Crippen LogP contribution < -0.4 is 16.4 Å². The van der Waals surface area contributed by atoms with E-state index in [1.54, 1.807) is 7.11 Å². The highest BCUT2D eigenvalue weighted by Gasteiger charge is 2.37. The Morgan fingerprint density at radius 1 is 1.28 bits per heavy atom.